The highest BCUT2D eigenvalue weighted by Gasteiger charge is 2.33. The molecule has 0 aromatic heterocycles. The smallest absolute Gasteiger partial charge is 0.169 e. The lowest BCUT2D eigenvalue weighted by Gasteiger charge is -2.34. The van der Waals surface area contributed by atoms with Crippen molar-refractivity contribution in [2.45, 2.75) is 12.6 Å². The third-order valence-corrected chi connectivity index (χ3v) is 2.54. The lowest BCUT2D eigenvalue weighted by molar-refractivity contribution is -0.115. The molecule has 5 heteroatoms. The highest BCUT2D eigenvalue weighted by atomic mass is 16.1. The number of fused-ring (bicyclic) bond motifs is 3. The van der Waals surface area contributed by atoms with E-state index in [1.807, 2.05) is 17.3 Å². The Bertz CT molecular complexity index is 382. The van der Waals surface area contributed by atoms with Gasteiger partial charge >= 0.3 is 0 Å². The first-order valence-corrected chi connectivity index (χ1v) is 4.62. The number of amidine groups is 1. The molecular weight excluding hydrogens is 180 g/mol. The van der Waals surface area contributed by atoms with Gasteiger partial charge in [-0.2, -0.15) is 0 Å². The molecule has 0 bridgehead atoms. The molecule has 0 fully saturated rings. The van der Waals surface area contributed by atoms with Crippen molar-refractivity contribution in [2.24, 2.45) is 4.99 Å². The number of nitrogens with one attached hydrogen (secondary N) is 2. The molecular formula is C9H10N4O. The molecule has 14 heavy (non-hydrogen) atoms. The molecule has 3 rings (SSSR count). The average molecular weight is 190 g/mol. The SMILES string of the molecule is O=C1CCN=C2C1=CNC1C=CNN21. The van der Waals surface area contributed by atoms with Crippen molar-refractivity contribution in [3.8, 4) is 0 Å². The van der Waals surface area contributed by atoms with Gasteiger partial charge < -0.3 is 10.7 Å². The van der Waals surface area contributed by atoms with Crippen LogP contribution in [0, 0.1) is 0 Å². The van der Waals surface area contributed by atoms with Gasteiger partial charge in [-0.25, -0.2) is 5.01 Å². The van der Waals surface area contributed by atoms with Gasteiger partial charge in [0.2, 0.25) is 0 Å². The Kier molecular flexibility index (Phi) is 1.41. The van der Waals surface area contributed by atoms with Crippen LogP contribution in [-0.4, -0.2) is 29.3 Å². The lowest BCUT2D eigenvalue weighted by atomic mass is 10.0. The molecule has 1 unspecified atom stereocenters. The van der Waals surface area contributed by atoms with Gasteiger partial charge in [0.1, 0.15) is 6.17 Å². The predicted octanol–water partition coefficient (Wildman–Crippen LogP) is -0.495. The zero-order chi connectivity index (χ0) is 9.54. The number of hydrogen-bond acceptors (Lipinski definition) is 5. The number of rotatable bonds is 0. The van der Waals surface area contributed by atoms with Crippen LogP contribution in [-0.2, 0) is 4.79 Å². The summed E-state index contributed by atoms with van der Waals surface area (Å²) in [4.78, 5) is 15.9. The summed E-state index contributed by atoms with van der Waals surface area (Å²) in [5.74, 6) is 0.921. The zero-order valence-corrected chi connectivity index (χ0v) is 7.53. The molecule has 2 N–H and O–H groups in total. The van der Waals surface area contributed by atoms with Crippen LogP contribution in [0.5, 0.6) is 0 Å². The summed E-state index contributed by atoms with van der Waals surface area (Å²) >= 11 is 0. The van der Waals surface area contributed by atoms with Gasteiger partial charge in [0.25, 0.3) is 0 Å². The number of carbonyl (C=O) groups excluding carboxylic acids is 1. The summed E-state index contributed by atoms with van der Waals surface area (Å²) < 4.78 is 0. The van der Waals surface area contributed by atoms with Crippen molar-refractivity contribution in [2.75, 3.05) is 6.54 Å². The Labute approximate surface area is 81.1 Å². The molecule has 3 aliphatic rings. The van der Waals surface area contributed by atoms with Crippen LogP contribution in [0.4, 0.5) is 0 Å². The maximum Gasteiger partial charge on any atom is 0.169 e. The summed E-state index contributed by atoms with van der Waals surface area (Å²) in [5.41, 5.74) is 3.73. The van der Waals surface area contributed by atoms with Crippen LogP contribution < -0.4 is 10.7 Å². The Balaban J connectivity index is 2.03. The van der Waals surface area contributed by atoms with Crippen molar-refractivity contribution in [3.05, 3.63) is 24.0 Å². The van der Waals surface area contributed by atoms with Gasteiger partial charge in [0.05, 0.1) is 5.57 Å². The lowest BCUT2D eigenvalue weighted by Crippen LogP contribution is -2.53. The fourth-order valence-corrected chi connectivity index (χ4v) is 1.83. The van der Waals surface area contributed by atoms with E-state index in [9.17, 15) is 4.79 Å². The number of hydrogen-bond donors (Lipinski definition) is 2. The Morgan fingerprint density at radius 3 is 3.43 bits per heavy atom. The van der Waals surface area contributed by atoms with Gasteiger partial charge in [-0.05, 0) is 6.08 Å². The highest BCUT2D eigenvalue weighted by Crippen LogP contribution is 2.19. The maximum absolute atomic E-state index is 11.6. The molecule has 0 amide bonds. The van der Waals surface area contributed by atoms with Crippen molar-refractivity contribution in [3.63, 3.8) is 0 Å². The number of nitrogens with zero attached hydrogens (tertiary/aromatic N) is 2. The first kappa shape index (κ1) is 7.61. The fraction of sp³-hybridized carbons (Fsp3) is 0.333. The molecule has 0 saturated carbocycles. The van der Waals surface area contributed by atoms with E-state index >= 15 is 0 Å². The van der Waals surface area contributed by atoms with Crippen LogP contribution in [0.15, 0.2) is 29.0 Å². The minimum atomic E-state index is 0.0865. The van der Waals surface area contributed by atoms with Crippen molar-refractivity contribution in [1.82, 2.24) is 15.8 Å². The first-order valence-electron chi connectivity index (χ1n) is 4.62. The first-order chi connectivity index (χ1) is 6.86. The topological polar surface area (TPSA) is 56.7 Å². The second-order valence-corrected chi connectivity index (χ2v) is 3.41. The Morgan fingerprint density at radius 2 is 2.50 bits per heavy atom. The standard InChI is InChI=1S/C9H10N4O/c14-7-1-3-10-9-6(7)5-11-8-2-4-12-13(8)9/h2,4-5,8,11-12H,1,3H2. The van der Waals surface area contributed by atoms with Crippen LogP contribution >= 0.6 is 0 Å². The largest absolute Gasteiger partial charge is 0.366 e. The van der Waals surface area contributed by atoms with Crippen molar-refractivity contribution < 1.29 is 4.79 Å². The Hall–Kier alpha value is -1.78. The normalized spacial score (nSPS) is 28.4. The van der Waals surface area contributed by atoms with Crippen LogP contribution in [0.3, 0.4) is 0 Å². The molecule has 3 aliphatic heterocycles. The van der Waals surface area contributed by atoms with Crippen LogP contribution in [0.1, 0.15) is 6.42 Å². The molecule has 0 aliphatic carbocycles. The fourth-order valence-electron chi connectivity index (χ4n) is 1.83. The molecule has 0 spiro atoms. The van der Waals surface area contributed by atoms with Gasteiger partial charge in [-0.15, -0.1) is 0 Å². The van der Waals surface area contributed by atoms with Gasteiger partial charge in [-0.3, -0.25) is 9.79 Å². The minimum Gasteiger partial charge on any atom is -0.366 e. The van der Waals surface area contributed by atoms with Crippen molar-refractivity contribution in [1.29, 1.82) is 0 Å². The molecule has 0 aromatic rings. The third-order valence-electron chi connectivity index (χ3n) is 2.54. The summed E-state index contributed by atoms with van der Waals surface area (Å²) in [7, 11) is 0. The maximum atomic E-state index is 11.6. The molecule has 0 saturated heterocycles. The third kappa shape index (κ3) is 0.891. The second kappa shape index (κ2) is 2.60. The Morgan fingerprint density at radius 1 is 1.57 bits per heavy atom. The van der Waals surface area contributed by atoms with E-state index in [4.69, 9.17) is 0 Å². The molecule has 72 valence electrons. The second-order valence-electron chi connectivity index (χ2n) is 3.41. The van der Waals surface area contributed by atoms with Gasteiger partial charge in [0.15, 0.2) is 11.6 Å². The van der Waals surface area contributed by atoms with E-state index < -0.39 is 0 Å². The summed E-state index contributed by atoms with van der Waals surface area (Å²) in [6.45, 7) is 0.594. The highest BCUT2D eigenvalue weighted by molar-refractivity contribution is 6.23. The van der Waals surface area contributed by atoms with Crippen LogP contribution in [0.25, 0.3) is 0 Å². The zero-order valence-electron chi connectivity index (χ0n) is 7.53. The average Bonchev–Trinajstić information content (AvgIpc) is 2.66. The van der Waals surface area contributed by atoms with Crippen molar-refractivity contribution >= 4 is 11.6 Å². The van der Waals surface area contributed by atoms with E-state index in [1.165, 1.54) is 0 Å². The number of hydrazine groups is 1. The number of aliphatic imine (C=N–C) groups is 1. The van der Waals surface area contributed by atoms with E-state index in [1.54, 1.807) is 6.20 Å². The number of ketones is 1. The summed E-state index contributed by atoms with van der Waals surface area (Å²) in [6.07, 6.45) is 6.19. The monoisotopic (exact) mass is 190 g/mol. The van der Waals surface area contributed by atoms with Gasteiger partial charge in [-0.1, -0.05) is 0 Å². The summed E-state index contributed by atoms with van der Waals surface area (Å²) in [5, 5.41) is 4.99. The molecule has 0 aromatic carbocycles. The molecule has 0 radical (unpaired) electrons. The van der Waals surface area contributed by atoms with E-state index in [0.29, 0.717) is 18.5 Å². The molecule has 1 atom stereocenters. The van der Waals surface area contributed by atoms with E-state index in [0.717, 1.165) is 5.84 Å². The molecule has 5 nitrogen and oxygen atoms in total. The minimum absolute atomic E-state index is 0.0865. The predicted molar refractivity (Wildman–Crippen MR) is 51.0 cm³/mol. The van der Waals surface area contributed by atoms with E-state index in [-0.39, 0.29) is 11.9 Å². The van der Waals surface area contributed by atoms with Crippen LogP contribution in [0.2, 0.25) is 0 Å². The molecule has 3 heterocycles. The van der Waals surface area contributed by atoms with Gasteiger partial charge in [0, 0.05) is 25.4 Å². The van der Waals surface area contributed by atoms with E-state index in [2.05, 4.69) is 15.7 Å². The quantitative estimate of drug-likeness (QED) is 0.541. The number of carbonyl (C=O) groups is 1. The summed E-state index contributed by atoms with van der Waals surface area (Å²) in [6, 6.07) is 0. The number of Topliss-reactive ketones (excluding diaryl/α,β-unsaturated/α-hetero) is 1.